The number of rotatable bonds is 10. The van der Waals surface area contributed by atoms with Gasteiger partial charge in [-0.2, -0.15) is 19.5 Å². The van der Waals surface area contributed by atoms with Gasteiger partial charge in [-0.15, -0.1) is 5.10 Å². The number of aromatic nitrogens is 5. The number of carboxylic acid groups (broad SMARTS) is 1. The molecular weight excluding hydrogens is 564 g/mol. The van der Waals surface area contributed by atoms with Crippen LogP contribution in [0.1, 0.15) is 25.7 Å². The van der Waals surface area contributed by atoms with Crippen LogP contribution in [0.15, 0.2) is 34.9 Å². The van der Waals surface area contributed by atoms with E-state index < -0.39 is 17.6 Å². The average molecular weight is 598 g/mol. The molecule has 13 nitrogen and oxygen atoms in total. The molecule has 0 spiro atoms. The molecule has 5 heterocycles. The van der Waals surface area contributed by atoms with Crippen molar-refractivity contribution in [3.05, 3.63) is 42.2 Å². The number of halogens is 2. The molecule has 15 heteroatoms. The number of anilines is 3. The van der Waals surface area contributed by atoms with Crippen LogP contribution in [0.2, 0.25) is 0 Å². The number of furan rings is 1. The van der Waals surface area contributed by atoms with E-state index in [-0.39, 0.29) is 36.8 Å². The van der Waals surface area contributed by atoms with E-state index in [2.05, 4.69) is 29.9 Å². The van der Waals surface area contributed by atoms with Crippen molar-refractivity contribution in [3.63, 3.8) is 0 Å². The zero-order chi connectivity index (χ0) is 29.9. The zero-order valence-corrected chi connectivity index (χ0v) is 23.5. The third-order valence-corrected chi connectivity index (χ3v) is 7.79. The molecule has 0 unspecified atom stereocenters. The molecule has 2 aliphatic heterocycles. The summed E-state index contributed by atoms with van der Waals surface area (Å²) in [5, 5.41) is 13.1. The number of nitrogen functional groups attached to an aromatic ring is 1. The maximum absolute atomic E-state index is 14.7. The molecule has 2 aliphatic rings. The van der Waals surface area contributed by atoms with E-state index in [1.807, 2.05) is 4.90 Å². The van der Waals surface area contributed by atoms with E-state index in [0.29, 0.717) is 42.3 Å². The number of nitrogens with zero attached hydrogens (tertiary/aromatic N) is 8. The molecule has 0 radical (unpaired) electrons. The third kappa shape index (κ3) is 6.45. The molecule has 43 heavy (non-hydrogen) atoms. The Bertz CT molecular complexity index is 1570. The molecule has 1 atom stereocenters. The summed E-state index contributed by atoms with van der Waals surface area (Å²) in [7, 11) is 0. The number of nitrogens with two attached hydrogens (primary N) is 1. The largest absolute Gasteiger partial charge is 0.490 e. The van der Waals surface area contributed by atoms with Gasteiger partial charge in [0, 0.05) is 64.4 Å². The summed E-state index contributed by atoms with van der Waals surface area (Å²) in [5.41, 5.74) is 6.49. The Kier molecular flexibility index (Phi) is 8.22. The second kappa shape index (κ2) is 12.4. The molecule has 0 amide bonds. The van der Waals surface area contributed by atoms with Crippen LogP contribution >= 0.6 is 0 Å². The van der Waals surface area contributed by atoms with E-state index in [1.54, 1.807) is 18.4 Å². The van der Waals surface area contributed by atoms with Crippen molar-refractivity contribution < 1.29 is 27.8 Å². The van der Waals surface area contributed by atoms with Crippen molar-refractivity contribution in [2.24, 2.45) is 5.92 Å². The summed E-state index contributed by atoms with van der Waals surface area (Å²) in [5.74, 6) is -0.107. The first-order valence-corrected chi connectivity index (χ1v) is 14.3. The van der Waals surface area contributed by atoms with Crippen LogP contribution < -0.4 is 20.3 Å². The third-order valence-electron chi connectivity index (χ3n) is 7.79. The number of ether oxygens (including phenoxy) is 1. The molecule has 228 valence electrons. The minimum Gasteiger partial charge on any atom is -0.490 e. The van der Waals surface area contributed by atoms with Crippen LogP contribution in [0, 0.1) is 17.6 Å². The van der Waals surface area contributed by atoms with Gasteiger partial charge in [-0.05, 0) is 37.3 Å². The van der Waals surface area contributed by atoms with Crippen LogP contribution in [0.5, 0.6) is 5.75 Å². The van der Waals surface area contributed by atoms with E-state index in [9.17, 15) is 13.6 Å². The van der Waals surface area contributed by atoms with E-state index in [4.69, 9.17) is 20.0 Å². The fourth-order valence-corrected chi connectivity index (χ4v) is 5.65. The topological polar surface area (TPSA) is 151 Å². The average Bonchev–Trinajstić information content (AvgIpc) is 3.68. The molecule has 1 aromatic carbocycles. The van der Waals surface area contributed by atoms with Crippen LogP contribution in [-0.4, -0.2) is 93.0 Å². The van der Waals surface area contributed by atoms with Gasteiger partial charge in [-0.1, -0.05) is 0 Å². The van der Waals surface area contributed by atoms with Gasteiger partial charge >= 0.3 is 5.97 Å². The van der Waals surface area contributed by atoms with Gasteiger partial charge in [0.15, 0.2) is 17.3 Å². The lowest BCUT2D eigenvalue weighted by atomic mass is 9.97. The fraction of sp³-hybridized carbons (Fsp3) is 0.464. The first-order chi connectivity index (χ1) is 20.8. The predicted octanol–water partition coefficient (Wildman–Crippen LogP) is 2.92. The van der Waals surface area contributed by atoms with Crippen LogP contribution in [0.3, 0.4) is 0 Å². The van der Waals surface area contributed by atoms with Gasteiger partial charge < -0.3 is 29.8 Å². The summed E-state index contributed by atoms with van der Waals surface area (Å²) in [6.07, 6.45) is 3.76. The molecule has 3 aromatic heterocycles. The van der Waals surface area contributed by atoms with Crippen molar-refractivity contribution in [1.82, 2.24) is 29.5 Å². The Morgan fingerprint density at radius 3 is 2.70 bits per heavy atom. The zero-order valence-electron chi connectivity index (χ0n) is 23.5. The summed E-state index contributed by atoms with van der Waals surface area (Å²) >= 11 is 0. The Labute approximate surface area is 245 Å². The summed E-state index contributed by atoms with van der Waals surface area (Å²) in [6, 6.07) is 5.73. The maximum Gasteiger partial charge on any atom is 0.303 e. The van der Waals surface area contributed by atoms with Gasteiger partial charge in [-0.3, -0.25) is 9.69 Å². The fourth-order valence-electron chi connectivity index (χ4n) is 5.65. The Morgan fingerprint density at radius 2 is 1.93 bits per heavy atom. The second-order valence-corrected chi connectivity index (χ2v) is 10.8. The van der Waals surface area contributed by atoms with E-state index in [1.165, 1.54) is 10.6 Å². The SMILES string of the molecule is Nc1nc(N2CCC[C@@H](CN3CCN(c4cc(OCCCC(=O)O)c(F)cc4F)CC3)C2)nc2nc(-c3ccco3)nn12. The molecule has 0 saturated carbocycles. The number of hydrogen-bond donors (Lipinski definition) is 2. The number of carbonyl (C=O) groups is 1. The Hall–Kier alpha value is -4.53. The van der Waals surface area contributed by atoms with Crippen molar-refractivity contribution >= 4 is 29.3 Å². The van der Waals surface area contributed by atoms with Crippen LogP contribution in [0.4, 0.5) is 26.4 Å². The van der Waals surface area contributed by atoms with Gasteiger partial charge in [0.1, 0.15) is 5.82 Å². The van der Waals surface area contributed by atoms with Gasteiger partial charge in [0.25, 0.3) is 5.78 Å². The highest BCUT2D eigenvalue weighted by Gasteiger charge is 2.28. The predicted molar refractivity (Wildman–Crippen MR) is 153 cm³/mol. The maximum atomic E-state index is 14.7. The summed E-state index contributed by atoms with van der Waals surface area (Å²) in [6.45, 7) is 5.11. The summed E-state index contributed by atoms with van der Waals surface area (Å²) in [4.78, 5) is 30.7. The lowest BCUT2D eigenvalue weighted by Crippen LogP contribution is -2.50. The quantitative estimate of drug-likeness (QED) is 0.259. The highest BCUT2D eigenvalue weighted by molar-refractivity contribution is 5.66. The lowest BCUT2D eigenvalue weighted by molar-refractivity contribution is -0.137. The number of hydrogen-bond acceptors (Lipinski definition) is 11. The minimum absolute atomic E-state index is 0.0386. The number of aliphatic carboxylic acids is 1. The molecule has 2 fully saturated rings. The highest BCUT2D eigenvalue weighted by atomic mass is 19.1. The van der Waals surface area contributed by atoms with Crippen LogP contribution in [0.25, 0.3) is 17.4 Å². The Morgan fingerprint density at radius 1 is 1.09 bits per heavy atom. The number of fused-ring (bicyclic) bond motifs is 1. The molecule has 2 saturated heterocycles. The normalized spacial score (nSPS) is 18.0. The smallest absolute Gasteiger partial charge is 0.303 e. The number of piperazine rings is 1. The molecular formula is C28H33F2N9O4. The molecule has 6 rings (SSSR count). The molecule has 3 N–H and O–H groups in total. The van der Waals surface area contributed by atoms with Crippen molar-refractivity contribution in [2.45, 2.75) is 25.7 Å². The summed E-state index contributed by atoms with van der Waals surface area (Å²) < 4.78 is 41.2. The monoisotopic (exact) mass is 597 g/mol. The number of piperidine rings is 1. The molecule has 0 aliphatic carbocycles. The molecule has 4 aromatic rings. The van der Waals surface area contributed by atoms with Gasteiger partial charge in [0.05, 0.1) is 18.6 Å². The standard InChI is InChI=1S/C28H33F2N9O4/c29-19-14-20(30)23(43-13-3-6-24(40)41)15-21(19)37-10-8-36(9-11-37)16-18-4-1-7-38(17-18)27-33-26(31)39-28(34-27)32-25(35-39)22-5-2-12-42-22/h2,5,12,14-15,18H,1,3-4,6-11,13,16-17H2,(H,40,41)(H2,31,32,33,34,35)/t18-/m0/s1. The second-order valence-electron chi connectivity index (χ2n) is 10.8. The van der Waals surface area contributed by atoms with Gasteiger partial charge in [0.2, 0.25) is 17.7 Å². The first-order valence-electron chi connectivity index (χ1n) is 14.3. The van der Waals surface area contributed by atoms with E-state index >= 15 is 0 Å². The highest BCUT2D eigenvalue weighted by Crippen LogP contribution is 2.30. The van der Waals surface area contributed by atoms with Crippen molar-refractivity contribution in [2.75, 3.05) is 68.0 Å². The first kappa shape index (κ1) is 28.6. The van der Waals surface area contributed by atoms with Crippen molar-refractivity contribution in [1.29, 1.82) is 0 Å². The minimum atomic E-state index is -0.950. The van der Waals surface area contributed by atoms with Gasteiger partial charge in [-0.25, -0.2) is 8.78 Å². The Balaban J connectivity index is 1.05. The van der Waals surface area contributed by atoms with Crippen LogP contribution in [-0.2, 0) is 4.79 Å². The molecule has 0 bridgehead atoms. The lowest BCUT2D eigenvalue weighted by Gasteiger charge is -2.40. The number of benzene rings is 1. The number of carboxylic acids is 1. The van der Waals surface area contributed by atoms with Crippen molar-refractivity contribution in [3.8, 4) is 17.3 Å². The van der Waals surface area contributed by atoms with E-state index in [0.717, 1.165) is 51.6 Å².